The maximum absolute atomic E-state index is 13.5. The monoisotopic (exact) mass is 399 g/mol. The summed E-state index contributed by atoms with van der Waals surface area (Å²) < 4.78 is 18.8. The fourth-order valence-electron chi connectivity index (χ4n) is 1.75. The van der Waals surface area contributed by atoms with Crippen LogP contribution in [0.4, 0.5) is 10.1 Å². The third-order valence-corrected chi connectivity index (χ3v) is 4.94. The van der Waals surface area contributed by atoms with Crippen LogP contribution in [0, 0.1) is 17.3 Å². The molecule has 0 aliphatic carbocycles. The van der Waals surface area contributed by atoms with Gasteiger partial charge in [-0.2, -0.15) is 14.6 Å². The molecule has 9 heteroatoms. The molecular formula is C16H12Cl2FN3O2S. The number of carbonyl (C=O) groups is 1. The molecule has 2 rings (SSSR count). The van der Waals surface area contributed by atoms with Crippen LogP contribution in [0.5, 0.6) is 5.88 Å². The summed E-state index contributed by atoms with van der Waals surface area (Å²) in [7, 11) is 0. The van der Waals surface area contributed by atoms with E-state index < -0.39 is 17.1 Å². The Morgan fingerprint density at radius 3 is 2.64 bits per heavy atom. The molecule has 0 spiro atoms. The smallest absolute Gasteiger partial charge is 0.238 e. The van der Waals surface area contributed by atoms with Gasteiger partial charge in [-0.25, -0.2) is 0 Å². The van der Waals surface area contributed by atoms with E-state index in [1.807, 2.05) is 6.07 Å². The van der Waals surface area contributed by atoms with Gasteiger partial charge in [0.1, 0.15) is 10.0 Å². The molecule has 0 unspecified atom stereocenters. The van der Waals surface area contributed by atoms with E-state index in [2.05, 4.69) is 4.98 Å². The molecule has 0 aliphatic heterocycles. The number of halogens is 3. The van der Waals surface area contributed by atoms with Gasteiger partial charge in [-0.15, -0.1) is 0 Å². The summed E-state index contributed by atoms with van der Waals surface area (Å²) in [5.74, 6) is -0.916. The minimum absolute atomic E-state index is 0.150. The summed E-state index contributed by atoms with van der Waals surface area (Å²) in [4.78, 5) is 15.6. The van der Waals surface area contributed by atoms with Crippen molar-refractivity contribution in [3.63, 3.8) is 0 Å². The third-order valence-electron chi connectivity index (χ3n) is 3.13. The molecule has 1 aromatic carbocycles. The maximum atomic E-state index is 13.5. The first-order chi connectivity index (χ1) is 11.8. The number of pyridine rings is 1. The highest BCUT2D eigenvalue weighted by Gasteiger charge is 2.21. The lowest BCUT2D eigenvalue weighted by Gasteiger charge is -2.15. The Morgan fingerprint density at radius 1 is 1.40 bits per heavy atom. The second-order valence-electron chi connectivity index (χ2n) is 4.93. The van der Waals surface area contributed by atoms with Crippen molar-refractivity contribution in [1.82, 2.24) is 4.98 Å². The van der Waals surface area contributed by atoms with Crippen molar-refractivity contribution in [3.05, 3.63) is 51.4 Å². The predicted molar refractivity (Wildman–Crippen MR) is 96.2 cm³/mol. The van der Waals surface area contributed by atoms with Gasteiger partial charge in [0.05, 0.1) is 17.3 Å². The van der Waals surface area contributed by atoms with Crippen LogP contribution in [-0.2, 0) is 10.5 Å². The molecule has 0 saturated carbocycles. The number of nitrogens with two attached hydrogens (primary N) is 1. The van der Waals surface area contributed by atoms with E-state index in [0.717, 1.165) is 17.3 Å². The van der Waals surface area contributed by atoms with Crippen LogP contribution in [0.15, 0.2) is 24.3 Å². The Hall–Kier alpha value is -2.01. The van der Waals surface area contributed by atoms with Crippen LogP contribution in [-0.4, -0.2) is 16.2 Å². The lowest BCUT2D eigenvalue weighted by molar-refractivity contribution is -0.116. The summed E-state index contributed by atoms with van der Waals surface area (Å²) in [6.07, 6.45) is -0.923. The van der Waals surface area contributed by atoms with Crippen molar-refractivity contribution in [2.45, 2.75) is 18.8 Å². The summed E-state index contributed by atoms with van der Waals surface area (Å²) in [5, 5.41) is 7.91. The van der Waals surface area contributed by atoms with Crippen molar-refractivity contribution in [2.75, 3.05) is 5.73 Å². The normalized spacial score (nSPS) is 11.6. The zero-order chi connectivity index (χ0) is 18.6. The summed E-state index contributed by atoms with van der Waals surface area (Å²) in [6.45, 7) is 1.49. The fraction of sp³-hybridized carbons (Fsp3) is 0.188. The van der Waals surface area contributed by atoms with E-state index in [1.165, 1.54) is 6.92 Å². The largest absolute Gasteiger partial charge is 0.464 e. The van der Waals surface area contributed by atoms with E-state index in [0.29, 0.717) is 11.3 Å². The topological polar surface area (TPSA) is 89.0 Å². The van der Waals surface area contributed by atoms with Crippen molar-refractivity contribution in [1.29, 1.82) is 5.26 Å². The number of rotatable bonds is 5. The molecule has 5 nitrogen and oxygen atoms in total. The highest BCUT2D eigenvalue weighted by Crippen LogP contribution is 2.36. The molecule has 0 bridgehead atoms. The first-order valence-electron chi connectivity index (χ1n) is 6.95. The molecule has 0 aliphatic rings. The number of thioether (sulfide) groups is 1. The van der Waals surface area contributed by atoms with E-state index in [-0.39, 0.29) is 21.7 Å². The molecule has 1 atom stereocenters. The van der Waals surface area contributed by atoms with Gasteiger partial charge in [-0.1, -0.05) is 47.1 Å². The maximum Gasteiger partial charge on any atom is 0.238 e. The molecule has 25 heavy (non-hydrogen) atoms. The van der Waals surface area contributed by atoms with E-state index in [9.17, 15) is 9.18 Å². The molecule has 130 valence electrons. The van der Waals surface area contributed by atoms with E-state index in [4.69, 9.17) is 38.9 Å². The van der Waals surface area contributed by atoms with Crippen molar-refractivity contribution >= 4 is 45.8 Å². The van der Waals surface area contributed by atoms with Crippen LogP contribution in [0.1, 0.15) is 18.1 Å². The Bertz CT molecular complexity index is 841. The van der Waals surface area contributed by atoms with Gasteiger partial charge in [0.25, 0.3) is 0 Å². The molecular weight excluding hydrogens is 388 g/mol. The van der Waals surface area contributed by atoms with Crippen molar-refractivity contribution < 1.29 is 13.9 Å². The zero-order valence-electron chi connectivity index (χ0n) is 12.9. The summed E-state index contributed by atoms with van der Waals surface area (Å²) >= 11 is 12.5. The minimum atomic E-state index is -1.02. The highest BCUT2D eigenvalue weighted by molar-refractivity contribution is 8.13. The van der Waals surface area contributed by atoms with Crippen LogP contribution in [0.3, 0.4) is 0 Å². The van der Waals surface area contributed by atoms with Gasteiger partial charge in [0, 0.05) is 5.75 Å². The van der Waals surface area contributed by atoms with Crippen molar-refractivity contribution in [2.24, 2.45) is 0 Å². The highest BCUT2D eigenvalue weighted by atomic mass is 35.5. The predicted octanol–water partition coefficient (Wildman–Crippen LogP) is 4.21. The number of hydrogen-bond acceptors (Lipinski definition) is 6. The lowest BCUT2D eigenvalue weighted by atomic mass is 10.2. The van der Waals surface area contributed by atoms with Crippen LogP contribution < -0.4 is 10.5 Å². The molecule has 0 fully saturated rings. The Labute approximate surface area is 157 Å². The average Bonchev–Trinajstić information content (AvgIpc) is 2.62. The molecule has 1 heterocycles. The number of carbonyl (C=O) groups excluding carboxylic acids is 1. The molecule has 1 aromatic heterocycles. The van der Waals surface area contributed by atoms with Crippen LogP contribution in [0.25, 0.3) is 0 Å². The zero-order valence-corrected chi connectivity index (χ0v) is 15.3. The number of nitrogen functional groups attached to an aromatic ring is 1. The summed E-state index contributed by atoms with van der Waals surface area (Å²) in [5.41, 5.74) is 6.78. The second kappa shape index (κ2) is 8.39. The van der Waals surface area contributed by atoms with Gasteiger partial charge in [-0.3, -0.25) is 4.79 Å². The molecule has 2 aromatic rings. The number of anilines is 1. The van der Waals surface area contributed by atoms with Crippen LogP contribution in [0.2, 0.25) is 10.0 Å². The number of nitriles is 1. The van der Waals surface area contributed by atoms with Gasteiger partial charge in [-0.05, 0) is 24.6 Å². The Kier molecular flexibility index (Phi) is 6.48. The molecule has 0 amide bonds. The number of benzene rings is 1. The molecule has 0 radical (unpaired) electrons. The average molecular weight is 400 g/mol. The Morgan fingerprint density at radius 2 is 2.04 bits per heavy atom. The van der Waals surface area contributed by atoms with Crippen LogP contribution >= 0.6 is 35.0 Å². The van der Waals surface area contributed by atoms with E-state index >= 15 is 0 Å². The van der Waals surface area contributed by atoms with E-state index in [1.54, 1.807) is 24.3 Å². The quantitative estimate of drug-likeness (QED) is 0.757. The molecule has 0 saturated heterocycles. The summed E-state index contributed by atoms with van der Waals surface area (Å²) in [6, 6.07) is 8.88. The first kappa shape index (κ1) is 19.3. The number of nitrogens with zero attached hydrogens (tertiary/aromatic N) is 2. The van der Waals surface area contributed by atoms with Gasteiger partial charge in [0.2, 0.25) is 16.9 Å². The van der Waals surface area contributed by atoms with Crippen molar-refractivity contribution in [3.8, 4) is 11.9 Å². The second-order valence-corrected chi connectivity index (χ2v) is 6.66. The number of ether oxygens (including phenoxy) is 1. The number of hydrogen-bond donors (Lipinski definition) is 1. The Balaban J connectivity index is 1.99. The minimum Gasteiger partial charge on any atom is -0.464 e. The SMILES string of the molecule is C[C@@H](Oc1nc(F)c(Cl)c(N)c1Cl)C(=O)SCc1ccc(C#N)cc1. The standard InChI is InChI=1S/C16H12Cl2FN3O2S/c1-8(24-15-12(18)13(21)11(17)14(19)22-15)16(23)25-7-10-4-2-9(6-20)3-5-10/h2-5,8H,7H2,1H3,(H2,21,22)/t8-/m1/s1. The fourth-order valence-corrected chi connectivity index (χ4v) is 2.90. The van der Waals surface area contributed by atoms with Gasteiger partial charge >= 0.3 is 0 Å². The third kappa shape index (κ3) is 4.75. The molecule has 2 N–H and O–H groups in total. The van der Waals surface area contributed by atoms with Gasteiger partial charge in [0.15, 0.2) is 6.10 Å². The lowest BCUT2D eigenvalue weighted by Crippen LogP contribution is -2.22. The van der Waals surface area contributed by atoms with Gasteiger partial charge < -0.3 is 10.5 Å². The first-order valence-corrected chi connectivity index (χ1v) is 8.70. The number of aromatic nitrogens is 1.